The maximum Gasteiger partial charge on any atom is 0.242 e. The van der Waals surface area contributed by atoms with Crippen molar-refractivity contribution in [1.82, 2.24) is 25.1 Å². The summed E-state index contributed by atoms with van der Waals surface area (Å²) >= 11 is 0. The number of nitrogens with zero attached hydrogens (tertiary/aromatic N) is 5. The van der Waals surface area contributed by atoms with E-state index in [2.05, 4.69) is 47.9 Å². The molecule has 1 aromatic carbocycles. The first-order chi connectivity index (χ1) is 10.9. The predicted molar refractivity (Wildman–Crippen MR) is 83.0 cm³/mol. The second-order valence-electron chi connectivity index (χ2n) is 4.57. The van der Waals surface area contributed by atoms with Gasteiger partial charge in [-0.05, 0) is 17.2 Å². The molecule has 7 nitrogen and oxygen atoms in total. The van der Waals surface area contributed by atoms with Crippen LogP contribution < -0.4 is 10.6 Å². The van der Waals surface area contributed by atoms with Crippen LogP contribution in [0.1, 0.15) is 11.1 Å². The second kappa shape index (κ2) is 7.07. The minimum absolute atomic E-state index is 0.517. The van der Waals surface area contributed by atoms with Crippen LogP contribution in [0.5, 0.6) is 0 Å². The van der Waals surface area contributed by atoms with Crippen LogP contribution in [0.4, 0.5) is 11.9 Å². The molecule has 0 unspecified atom stereocenters. The Hall–Kier alpha value is -3.09. The van der Waals surface area contributed by atoms with Gasteiger partial charge in [-0.3, -0.25) is 0 Å². The molecule has 7 heteroatoms. The standard InChI is InChI=1S/C15H15N7/c1-3-12(10-19-14-16-5-2-6-17-14)9-13(4-1)11-20-15-18-7-8-21-22-15/h1-9H,10-11H2,(H,16,17,19)(H,18,20,22). The molecule has 0 aliphatic carbocycles. The van der Waals surface area contributed by atoms with Gasteiger partial charge in [-0.15, -0.1) is 5.10 Å². The predicted octanol–water partition coefficient (Wildman–Crippen LogP) is 1.89. The van der Waals surface area contributed by atoms with Crippen molar-refractivity contribution in [2.24, 2.45) is 0 Å². The largest absolute Gasteiger partial charge is 0.350 e. The monoisotopic (exact) mass is 293 g/mol. The quantitative estimate of drug-likeness (QED) is 0.717. The van der Waals surface area contributed by atoms with Crippen molar-refractivity contribution in [3.8, 4) is 0 Å². The minimum Gasteiger partial charge on any atom is -0.350 e. The van der Waals surface area contributed by atoms with Crippen LogP contribution in [0.25, 0.3) is 0 Å². The lowest BCUT2D eigenvalue weighted by atomic mass is 10.1. The van der Waals surface area contributed by atoms with Crippen LogP contribution in [-0.4, -0.2) is 25.1 Å². The Bertz CT molecular complexity index is 645. The summed E-state index contributed by atoms with van der Waals surface area (Å²) in [6.45, 7) is 1.31. The van der Waals surface area contributed by atoms with Crippen LogP contribution in [0.3, 0.4) is 0 Å². The molecule has 22 heavy (non-hydrogen) atoms. The number of anilines is 2. The average molecular weight is 293 g/mol. The Labute approximate surface area is 127 Å². The number of rotatable bonds is 6. The summed E-state index contributed by atoms with van der Waals surface area (Å²) in [6, 6.07) is 10.0. The van der Waals surface area contributed by atoms with Gasteiger partial charge in [0.05, 0.1) is 12.4 Å². The highest BCUT2D eigenvalue weighted by atomic mass is 15.2. The molecular formula is C15H15N7. The molecule has 0 aliphatic heterocycles. The molecule has 2 heterocycles. The summed E-state index contributed by atoms with van der Waals surface area (Å²) < 4.78 is 0. The molecular weight excluding hydrogens is 278 g/mol. The normalized spacial score (nSPS) is 10.2. The second-order valence-corrected chi connectivity index (χ2v) is 4.57. The van der Waals surface area contributed by atoms with E-state index in [9.17, 15) is 0 Å². The Kier molecular flexibility index (Phi) is 4.46. The first kappa shape index (κ1) is 13.9. The molecule has 3 aromatic rings. The van der Waals surface area contributed by atoms with Gasteiger partial charge in [0, 0.05) is 25.5 Å². The van der Waals surface area contributed by atoms with Crippen LogP contribution in [-0.2, 0) is 13.1 Å². The molecule has 0 aliphatic rings. The topological polar surface area (TPSA) is 88.5 Å². The highest BCUT2D eigenvalue weighted by molar-refractivity contribution is 5.31. The van der Waals surface area contributed by atoms with Crippen molar-refractivity contribution < 1.29 is 0 Å². The zero-order valence-corrected chi connectivity index (χ0v) is 11.8. The maximum absolute atomic E-state index is 4.13. The molecule has 0 amide bonds. The van der Waals surface area contributed by atoms with E-state index in [0.29, 0.717) is 25.0 Å². The van der Waals surface area contributed by atoms with E-state index in [0.717, 1.165) is 11.1 Å². The third kappa shape index (κ3) is 3.95. The van der Waals surface area contributed by atoms with E-state index in [1.165, 1.54) is 0 Å². The number of hydrogen-bond donors (Lipinski definition) is 2. The molecule has 110 valence electrons. The average Bonchev–Trinajstić information content (AvgIpc) is 2.60. The number of benzene rings is 1. The van der Waals surface area contributed by atoms with Crippen molar-refractivity contribution >= 4 is 11.9 Å². The molecule has 0 bridgehead atoms. The first-order valence-electron chi connectivity index (χ1n) is 6.86. The summed E-state index contributed by atoms with van der Waals surface area (Å²) in [5, 5.41) is 14.0. The molecule has 0 atom stereocenters. The summed E-state index contributed by atoms with van der Waals surface area (Å²) in [5.74, 6) is 1.14. The van der Waals surface area contributed by atoms with Crippen molar-refractivity contribution in [1.29, 1.82) is 0 Å². The zero-order valence-electron chi connectivity index (χ0n) is 11.8. The number of aromatic nitrogens is 5. The van der Waals surface area contributed by atoms with Crippen molar-refractivity contribution in [3.05, 3.63) is 66.2 Å². The van der Waals surface area contributed by atoms with Crippen LogP contribution in [0.2, 0.25) is 0 Å². The smallest absolute Gasteiger partial charge is 0.242 e. The third-order valence-corrected chi connectivity index (χ3v) is 2.94. The number of hydrogen-bond acceptors (Lipinski definition) is 7. The van der Waals surface area contributed by atoms with Crippen molar-refractivity contribution in [3.63, 3.8) is 0 Å². The molecule has 0 saturated heterocycles. The van der Waals surface area contributed by atoms with Gasteiger partial charge >= 0.3 is 0 Å². The molecule has 2 N–H and O–H groups in total. The fourth-order valence-corrected chi connectivity index (χ4v) is 1.93. The molecule has 0 fully saturated rings. The molecule has 2 aromatic heterocycles. The highest BCUT2D eigenvalue weighted by Gasteiger charge is 1.99. The Morgan fingerprint density at radius 1 is 0.727 bits per heavy atom. The van der Waals surface area contributed by atoms with Gasteiger partial charge < -0.3 is 10.6 Å². The Morgan fingerprint density at radius 2 is 1.41 bits per heavy atom. The highest BCUT2D eigenvalue weighted by Crippen LogP contribution is 2.08. The molecule has 0 saturated carbocycles. The van der Waals surface area contributed by atoms with Gasteiger partial charge in [0.2, 0.25) is 11.9 Å². The first-order valence-corrected chi connectivity index (χ1v) is 6.86. The molecule has 0 radical (unpaired) electrons. The maximum atomic E-state index is 4.13. The van der Waals surface area contributed by atoms with Crippen molar-refractivity contribution in [2.45, 2.75) is 13.1 Å². The lowest BCUT2D eigenvalue weighted by Gasteiger charge is -2.08. The molecule has 0 spiro atoms. The van der Waals surface area contributed by atoms with E-state index < -0.39 is 0 Å². The lowest BCUT2D eigenvalue weighted by molar-refractivity contribution is 0.943. The SMILES string of the molecule is c1cnc(NCc2cccc(CNc3nccnn3)c2)nc1. The van der Waals surface area contributed by atoms with Gasteiger partial charge in [0.15, 0.2) is 0 Å². The molecule has 3 rings (SSSR count). The lowest BCUT2D eigenvalue weighted by Crippen LogP contribution is -2.06. The van der Waals surface area contributed by atoms with Gasteiger partial charge in [0.25, 0.3) is 0 Å². The van der Waals surface area contributed by atoms with E-state index in [4.69, 9.17) is 0 Å². The van der Waals surface area contributed by atoms with E-state index in [1.54, 1.807) is 30.9 Å². The van der Waals surface area contributed by atoms with Crippen LogP contribution >= 0.6 is 0 Å². The van der Waals surface area contributed by atoms with E-state index in [-0.39, 0.29) is 0 Å². The third-order valence-electron chi connectivity index (χ3n) is 2.94. The minimum atomic E-state index is 0.517. The number of nitrogens with one attached hydrogen (secondary N) is 2. The van der Waals surface area contributed by atoms with Gasteiger partial charge in [-0.1, -0.05) is 24.3 Å². The van der Waals surface area contributed by atoms with E-state index in [1.807, 2.05) is 12.1 Å². The zero-order chi connectivity index (χ0) is 15.0. The Morgan fingerprint density at radius 3 is 2.09 bits per heavy atom. The van der Waals surface area contributed by atoms with E-state index >= 15 is 0 Å². The fourth-order valence-electron chi connectivity index (χ4n) is 1.93. The summed E-state index contributed by atoms with van der Waals surface area (Å²) in [7, 11) is 0. The summed E-state index contributed by atoms with van der Waals surface area (Å²) in [4.78, 5) is 12.3. The fraction of sp³-hybridized carbons (Fsp3) is 0.133. The van der Waals surface area contributed by atoms with Gasteiger partial charge in [0.1, 0.15) is 0 Å². The van der Waals surface area contributed by atoms with Crippen LogP contribution in [0, 0.1) is 0 Å². The summed E-state index contributed by atoms with van der Waals surface area (Å²) in [6.07, 6.45) is 6.58. The van der Waals surface area contributed by atoms with Gasteiger partial charge in [-0.2, -0.15) is 5.10 Å². The van der Waals surface area contributed by atoms with Gasteiger partial charge in [-0.25, -0.2) is 15.0 Å². The summed E-state index contributed by atoms with van der Waals surface area (Å²) in [5.41, 5.74) is 2.29. The van der Waals surface area contributed by atoms with Crippen LogP contribution in [0.15, 0.2) is 55.1 Å². The van der Waals surface area contributed by atoms with Crippen molar-refractivity contribution in [2.75, 3.05) is 10.6 Å². The Balaban J connectivity index is 1.58.